The minimum atomic E-state index is -0.954. The van der Waals surface area contributed by atoms with Crippen LogP contribution in [0, 0.1) is 0 Å². The van der Waals surface area contributed by atoms with E-state index in [1.165, 1.54) is 55.6 Å². The highest BCUT2D eigenvalue weighted by Gasteiger charge is 2.05. The number of aliphatic hydroxyl groups is 5. The Hall–Kier alpha value is -3.22. The molecule has 2 aromatic carbocycles. The predicted molar refractivity (Wildman–Crippen MR) is 122 cm³/mol. The number of hydrogen-bond acceptors (Lipinski definition) is 11. The normalized spacial score (nSPS) is 9.29. The molecular formula is C23H34O11. The van der Waals surface area contributed by atoms with Gasteiger partial charge in [-0.3, -0.25) is 0 Å². The lowest BCUT2D eigenvalue weighted by Crippen LogP contribution is -2.15. The molecule has 0 saturated heterocycles. The topological polar surface area (TPSA) is 194 Å². The van der Waals surface area contributed by atoms with Gasteiger partial charge in [-0.05, 0) is 55.0 Å². The summed E-state index contributed by atoms with van der Waals surface area (Å²) in [6.07, 6.45) is -0.144. The molecule has 0 aromatic heterocycles. The van der Waals surface area contributed by atoms with Gasteiger partial charge in [0, 0.05) is 0 Å². The minimum absolute atomic E-state index is 0.125. The molecule has 0 heterocycles. The number of aliphatic hydroxyl groups excluding tert-OH is 5. The van der Waals surface area contributed by atoms with E-state index in [0.717, 1.165) is 6.42 Å². The van der Waals surface area contributed by atoms with Crippen LogP contribution in [0.5, 0.6) is 11.5 Å². The van der Waals surface area contributed by atoms with Crippen molar-refractivity contribution in [2.75, 3.05) is 40.1 Å². The number of benzene rings is 2. The molecule has 0 fully saturated rings. The Bertz CT molecular complexity index is 755. The van der Waals surface area contributed by atoms with Gasteiger partial charge in [0.05, 0.1) is 51.3 Å². The van der Waals surface area contributed by atoms with E-state index in [9.17, 15) is 9.59 Å². The molecule has 0 bridgehead atoms. The number of phenols is 2. The van der Waals surface area contributed by atoms with E-state index in [1.807, 2.05) is 6.92 Å². The fraction of sp³-hybridized carbons (Fsp3) is 0.391. The maximum Gasteiger partial charge on any atom is 0.338 e. The van der Waals surface area contributed by atoms with Crippen molar-refractivity contribution in [2.45, 2.75) is 19.4 Å². The quantitative estimate of drug-likeness (QED) is 0.268. The Labute approximate surface area is 198 Å². The van der Waals surface area contributed by atoms with Gasteiger partial charge >= 0.3 is 11.9 Å². The molecule has 0 spiro atoms. The first-order chi connectivity index (χ1) is 16.2. The Kier molecular flexibility index (Phi) is 21.0. The molecule has 0 aliphatic carbocycles. The second kappa shape index (κ2) is 21.6. The zero-order chi connectivity index (χ0) is 26.4. The van der Waals surface area contributed by atoms with Crippen molar-refractivity contribution >= 4 is 11.9 Å². The maximum atomic E-state index is 11.2. The summed E-state index contributed by atoms with van der Waals surface area (Å²) < 4.78 is 9.35. The van der Waals surface area contributed by atoms with Crippen molar-refractivity contribution in [3.05, 3.63) is 59.7 Å². The van der Waals surface area contributed by atoms with Crippen LogP contribution in [0.3, 0.4) is 0 Å². The van der Waals surface area contributed by atoms with Gasteiger partial charge in [0.2, 0.25) is 0 Å². The minimum Gasteiger partial charge on any atom is -0.508 e. The fourth-order valence-electron chi connectivity index (χ4n) is 1.65. The zero-order valence-electron chi connectivity index (χ0n) is 19.2. The molecule has 0 radical (unpaired) electrons. The van der Waals surface area contributed by atoms with Gasteiger partial charge in [0.25, 0.3) is 0 Å². The molecule has 0 aliphatic rings. The van der Waals surface area contributed by atoms with Crippen molar-refractivity contribution in [2.24, 2.45) is 0 Å². The molecule has 11 nitrogen and oxygen atoms in total. The van der Waals surface area contributed by atoms with Gasteiger partial charge in [-0.2, -0.15) is 0 Å². The zero-order valence-corrected chi connectivity index (χ0v) is 19.2. The highest BCUT2D eigenvalue weighted by atomic mass is 16.5. The maximum absolute atomic E-state index is 11.2. The van der Waals surface area contributed by atoms with E-state index < -0.39 is 12.1 Å². The van der Waals surface area contributed by atoms with E-state index in [4.69, 9.17) is 40.5 Å². The molecule has 2 rings (SSSR count). The highest BCUT2D eigenvalue weighted by molar-refractivity contribution is 5.89. The fourth-order valence-corrected chi connectivity index (χ4v) is 1.65. The molecule has 0 amide bonds. The number of phenolic OH excluding ortho intramolecular Hbond substituents is 2. The molecule has 0 unspecified atom stereocenters. The van der Waals surface area contributed by atoms with Crippen LogP contribution in [0.15, 0.2) is 48.5 Å². The Balaban J connectivity index is 0. The third-order valence-electron chi connectivity index (χ3n) is 3.35. The number of esters is 2. The molecule has 7 N–H and O–H groups in total. The molecule has 0 aliphatic heterocycles. The van der Waals surface area contributed by atoms with Crippen LogP contribution in [0.4, 0.5) is 0 Å². The van der Waals surface area contributed by atoms with Gasteiger partial charge in [0.1, 0.15) is 17.6 Å². The Morgan fingerprint density at radius 1 is 0.765 bits per heavy atom. The summed E-state index contributed by atoms with van der Waals surface area (Å²) in [6, 6.07) is 11.9. The summed E-state index contributed by atoms with van der Waals surface area (Å²) in [5, 5.41) is 57.1. The average Bonchev–Trinajstić information content (AvgIpc) is 2.88. The number of methoxy groups -OCH3 is 1. The van der Waals surface area contributed by atoms with Crippen molar-refractivity contribution in [1.29, 1.82) is 0 Å². The third-order valence-corrected chi connectivity index (χ3v) is 3.35. The van der Waals surface area contributed by atoms with Crippen LogP contribution in [-0.2, 0) is 9.47 Å². The van der Waals surface area contributed by atoms with Crippen LogP contribution in [0.25, 0.3) is 0 Å². The lowest BCUT2D eigenvalue weighted by Gasteiger charge is -2.02. The largest absolute Gasteiger partial charge is 0.508 e. The molecule has 2 aromatic rings. The first kappa shape index (κ1) is 33.0. The Morgan fingerprint density at radius 3 is 1.41 bits per heavy atom. The molecule has 11 heteroatoms. The lowest BCUT2D eigenvalue weighted by atomic mass is 10.2. The summed E-state index contributed by atoms with van der Waals surface area (Å²) in [5.74, 6) is -0.462. The number of carbonyl (C=O) groups is 2. The second-order valence-corrected chi connectivity index (χ2v) is 6.19. The monoisotopic (exact) mass is 486 g/mol. The predicted octanol–water partition coefficient (Wildman–Crippen LogP) is 0.441. The van der Waals surface area contributed by atoms with E-state index >= 15 is 0 Å². The van der Waals surface area contributed by atoms with Crippen LogP contribution in [-0.4, -0.2) is 93.9 Å². The first-order valence-electron chi connectivity index (χ1n) is 10.2. The van der Waals surface area contributed by atoms with Crippen molar-refractivity contribution in [3.8, 4) is 11.5 Å². The Morgan fingerprint density at radius 2 is 1.15 bits per heavy atom. The third kappa shape index (κ3) is 17.3. The number of rotatable bonds is 7. The highest BCUT2D eigenvalue weighted by Crippen LogP contribution is 2.11. The number of hydrogen-bond donors (Lipinski definition) is 7. The van der Waals surface area contributed by atoms with Crippen LogP contribution in [0.1, 0.15) is 34.1 Å². The van der Waals surface area contributed by atoms with Crippen molar-refractivity contribution < 1.29 is 54.8 Å². The molecule has 0 atom stereocenters. The smallest absolute Gasteiger partial charge is 0.338 e. The molecular weight excluding hydrogens is 452 g/mol. The van der Waals surface area contributed by atoms with Crippen molar-refractivity contribution in [1.82, 2.24) is 0 Å². The van der Waals surface area contributed by atoms with E-state index in [-0.39, 0.29) is 43.9 Å². The summed E-state index contributed by atoms with van der Waals surface area (Å²) in [5.41, 5.74) is 0.900. The SMILES string of the molecule is CCCOC(=O)c1ccc(O)cc1.COC(=O)c1ccc(O)cc1.OCC(O)CO.OCCO. The second-order valence-electron chi connectivity index (χ2n) is 6.19. The van der Waals surface area contributed by atoms with Crippen LogP contribution in [0.2, 0.25) is 0 Å². The summed E-state index contributed by atoms with van der Waals surface area (Å²) in [4.78, 5) is 22.0. The van der Waals surface area contributed by atoms with E-state index in [1.54, 1.807) is 0 Å². The first-order valence-corrected chi connectivity index (χ1v) is 10.2. The molecule has 34 heavy (non-hydrogen) atoms. The van der Waals surface area contributed by atoms with E-state index in [2.05, 4.69) is 4.74 Å². The van der Waals surface area contributed by atoms with Gasteiger partial charge < -0.3 is 45.2 Å². The average molecular weight is 487 g/mol. The number of ether oxygens (including phenoxy) is 2. The number of carbonyl (C=O) groups excluding carboxylic acids is 2. The van der Waals surface area contributed by atoms with Crippen LogP contribution >= 0.6 is 0 Å². The standard InChI is InChI=1S/C10H12O3.C8H8O3.C3H8O3.C2H6O2/c1-2-7-13-10(12)8-3-5-9(11)6-4-8;1-11-8(10)6-2-4-7(9)5-3-6;4-1-3(6)2-5;3-1-2-4/h3-6,11H,2,7H2,1H3;2-5,9H,1H3;3-6H,1-2H2;3-4H,1-2H2. The van der Waals surface area contributed by atoms with Gasteiger partial charge in [-0.1, -0.05) is 6.92 Å². The van der Waals surface area contributed by atoms with Gasteiger partial charge in [-0.25, -0.2) is 9.59 Å². The summed E-state index contributed by atoms with van der Waals surface area (Å²) >= 11 is 0. The lowest BCUT2D eigenvalue weighted by molar-refractivity contribution is 0.0450. The van der Waals surface area contributed by atoms with Gasteiger partial charge in [-0.15, -0.1) is 0 Å². The number of aromatic hydroxyl groups is 2. The summed E-state index contributed by atoms with van der Waals surface area (Å²) in [6.45, 7) is 1.39. The van der Waals surface area contributed by atoms with Crippen molar-refractivity contribution in [3.63, 3.8) is 0 Å². The molecule has 192 valence electrons. The van der Waals surface area contributed by atoms with Crippen LogP contribution < -0.4 is 0 Å². The van der Waals surface area contributed by atoms with Gasteiger partial charge in [0.15, 0.2) is 0 Å². The summed E-state index contributed by atoms with van der Waals surface area (Å²) in [7, 11) is 1.31. The van der Waals surface area contributed by atoms with E-state index in [0.29, 0.717) is 17.7 Å². The molecule has 0 saturated carbocycles.